The number of imidazole rings is 1. The molecule has 0 bridgehead atoms. The summed E-state index contributed by atoms with van der Waals surface area (Å²) >= 11 is 5.97. The van der Waals surface area contributed by atoms with Gasteiger partial charge in [0.2, 0.25) is 5.91 Å². The average molecular weight is 501 g/mol. The molecule has 0 fully saturated rings. The Morgan fingerprint density at radius 2 is 1.72 bits per heavy atom. The zero-order valence-corrected chi connectivity index (χ0v) is 20.4. The number of aromatic amines is 1. The molecule has 1 heterocycles. The van der Waals surface area contributed by atoms with Crippen LogP contribution < -0.4 is 15.4 Å². The fraction of sp³-hybridized carbons (Fsp3) is 0.107. The van der Waals surface area contributed by atoms with Crippen LogP contribution in [-0.4, -0.2) is 35.4 Å². The summed E-state index contributed by atoms with van der Waals surface area (Å²) in [5.41, 5.74) is 3.48. The van der Waals surface area contributed by atoms with Crippen LogP contribution in [0.5, 0.6) is 5.75 Å². The van der Waals surface area contributed by atoms with Gasteiger partial charge in [0.15, 0.2) is 0 Å². The van der Waals surface area contributed by atoms with E-state index in [-0.39, 0.29) is 5.70 Å². The first-order valence-corrected chi connectivity index (χ1v) is 11.7. The topological polar surface area (TPSA) is 96.1 Å². The van der Waals surface area contributed by atoms with Gasteiger partial charge in [0.1, 0.15) is 17.3 Å². The van der Waals surface area contributed by atoms with Crippen molar-refractivity contribution in [3.63, 3.8) is 0 Å². The fourth-order valence-electron chi connectivity index (χ4n) is 3.46. The van der Waals surface area contributed by atoms with Crippen LogP contribution in [-0.2, 0) is 16.0 Å². The molecule has 1 aromatic heterocycles. The Morgan fingerprint density at radius 1 is 1.00 bits per heavy atom. The van der Waals surface area contributed by atoms with Gasteiger partial charge in [-0.05, 0) is 59.7 Å². The molecule has 0 unspecified atom stereocenters. The Labute approximate surface area is 213 Å². The highest BCUT2D eigenvalue weighted by Gasteiger charge is 2.12. The van der Waals surface area contributed by atoms with E-state index in [4.69, 9.17) is 16.3 Å². The lowest BCUT2D eigenvalue weighted by Crippen LogP contribution is -2.35. The maximum Gasteiger partial charge on any atom is 0.267 e. The molecule has 4 aromatic rings. The number of carbonyl (C=O) groups excluding carboxylic acids is 2. The highest BCUT2D eigenvalue weighted by atomic mass is 35.5. The minimum absolute atomic E-state index is 0.117. The van der Waals surface area contributed by atoms with E-state index in [1.54, 1.807) is 55.7 Å². The second-order valence-electron chi connectivity index (χ2n) is 7.91. The summed E-state index contributed by atoms with van der Waals surface area (Å²) in [4.78, 5) is 33.3. The van der Waals surface area contributed by atoms with E-state index in [9.17, 15) is 9.59 Å². The zero-order valence-electron chi connectivity index (χ0n) is 19.6. The van der Waals surface area contributed by atoms with E-state index in [1.807, 2.05) is 36.4 Å². The van der Waals surface area contributed by atoms with E-state index in [0.29, 0.717) is 18.0 Å². The molecular weight excluding hydrogens is 476 g/mol. The molecule has 0 aliphatic rings. The fourth-order valence-corrected chi connectivity index (χ4v) is 3.59. The molecule has 7 nitrogen and oxygen atoms in total. The Balaban J connectivity index is 1.43. The zero-order chi connectivity index (χ0) is 25.3. The molecule has 3 N–H and O–H groups in total. The maximum absolute atomic E-state index is 13.0. The average Bonchev–Trinajstić information content (AvgIpc) is 3.31. The second-order valence-corrected chi connectivity index (χ2v) is 8.35. The highest BCUT2D eigenvalue weighted by molar-refractivity contribution is 6.30. The van der Waals surface area contributed by atoms with E-state index in [0.717, 1.165) is 33.7 Å². The normalized spacial score (nSPS) is 11.6. The summed E-state index contributed by atoms with van der Waals surface area (Å²) in [6.07, 6.45) is 5.15. The number of halogens is 1. The van der Waals surface area contributed by atoms with Crippen molar-refractivity contribution in [2.24, 2.45) is 0 Å². The van der Waals surface area contributed by atoms with Gasteiger partial charge in [-0.15, -0.1) is 0 Å². The second kappa shape index (κ2) is 11.9. The first kappa shape index (κ1) is 24.8. The molecule has 8 heteroatoms. The number of amides is 2. The van der Waals surface area contributed by atoms with Crippen LogP contribution in [0, 0.1) is 0 Å². The number of fused-ring (bicyclic) bond motifs is 1. The number of benzene rings is 3. The number of para-hydroxylation sites is 2. The molecule has 0 radical (unpaired) electrons. The number of methoxy groups -OCH3 is 1. The Morgan fingerprint density at radius 3 is 2.44 bits per heavy atom. The molecule has 0 spiro atoms. The lowest BCUT2D eigenvalue weighted by atomic mass is 10.1. The van der Waals surface area contributed by atoms with Crippen LogP contribution in [0.1, 0.15) is 17.0 Å². The van der Waals surface area contributed by atoms with Gasteiger partial charge in [0.25, 0.3) is 5.91 Å². The molecule has 36 heavy (non-hydrogen) atoms. The number of nitrogens with one attached hydrogen (secondary N) is 3. The van der Waals surface area contributed by atoms with Crippen molar-refractivity contribution in [1.29, 1.82) is 0 Å². The monoisotopic (exact) mass is 500 g/mol. The van der Waals surface area contributed by atoms with Gasteiger partial charge in [0.05, 0.1) is 18.1 Å². The maximum atomic E-state index is 13.0. The van der Waals surface area contributed by atoms with Gasteiger partial charge < -0.3 is 20.4 Å². The summed E-state index contributed by atoms with van der Waals surface area (Å²) in [6.45, 7) is 0.341. The quantitative estimate of drug-likeness (QED) is 0.289. The van der Waals surface area contributed by atoms with Crippen molar-refractivity contribution in [2.45, 2.75) is 6.42 Å². The first-order valence-electron chi connectivity index (χ1n) is 11.3. The van der Waals surface area contributed by atoms with Crippen LogP contribution in [0.25, 0.3) is 23.2 Å². The number of hydrogen-bond acceptors (Lipinski definition) is 4. The molecule has 0 aliphatic heterocycles. The van der Waals surface area contributed by atoms with Crippen molar-refractivity contribution < 1.29 is 14.3 Å². The van der Waals surface area contributed by atoms with E-state index < -0.39 is 11.8 Å². The van der Waals surface area contributed by atoms with Gasteiger partial charge in [-0.25, -0.2) is 4.98 Å². The summed E-state index contributed by atoms with van der Waals surface area (Å²) in [6, 6.07) is 22.0. The largest absolute Gasteiger partial charge is 0.497 e. The molecule has 0 atom stereocenters. The van der Waals surface area contributed by atoms with Crippen LogP contribution in [0.4, 0.5) is 0 Å². The van der Waals surface area contributed by atoms with E-state index in [2.05, 4.69) is 20.6 Å². The molecule has 4 rings (SSSR count). The molecule has 182 valence electrons. The molecule has 0 saturated carbocycles. The van der Waals surface area contributed by atoms with E-state index in [1.165, 1.54) is 6.08 Å². The molecular formula is C28H25ClN4O3. The number of nitrogens with zero attached hydrogens (tertiary/aromatic N) is 1. The van der Waals surface area contributed by atoms with Crippen molar-refractivity contribution in [2.75, 3.05) is 13.7 Å². The van der Waals surface area contributed by atoms with Crippen molar-refractivity contribution >= 4 is 46.6 Å². The van der Waals surface area contributed by atoms with Crippen LogP contribution in [0.3, 0.4) is 0 Å². The number of carbonyl (C=O) groups is 2. The SMILES string of the molecule is COc1ccc(C=CC(=O)NC(=Cc2ccc(Cl)cc2)C(=O)NCCc2nc3ccccc3[nH]2)cc1. The summed E-state index contributed by atoms with van der Waals surface area (Å²) in [5, 5.41) is 6.12. The third kappa shape index (κ3) is 6.84. The third-order valence-electron chi connectivity index (χ3n) is 5.31. The number of aromatic nitrogens is 2. The standard InChI is InChI=1S/C28H25ClN4O3/c1-36-22-13-8-19(9-14-22)10-15-27(34)33-25(18-20-6-11-21(29)12-7-20)28(35)30-17-16-26-31-23-4-2-3-5-24(23)32-26/h2-15,18H,16-17H2,1H3,(H,30,35)(H,31,32)(H,33,34). The minimum atomic E-state index is -0.432. The van der Waals surface area contributed by atoms with Crippen LogP contribution in [0.2, 0.25) is 5.02 Å². The number of ether oxygens (including phenoxy) is 1. The Bertz CT molecular complexity index is 1370. The molecule has 0 aliphatic carbocycles. The minimum Gasteiger partial charge on any atom is -0.497 e. The lowest BCUT2D eigenvalue weighted by molar-refractivity contribution is -0.121. The molecule has 0 saturated heterocycles. The van der Waals surface area contributed by atoms with Crippen molar-refractivity contribution in [1.82, 2.24) is 20.6 Å². The molecule has 2 amide bonds. The van der Waals surface area contributed by atoms with Crippen molar-refractivity contribution in [3.05, 3.63) is 107 Å². The van der Waals surface area contributed by atoms with Gasteiger partial charge in [-0.2, -0.15) is 0 Å². The van der Waals surface area contributed by atoms with Gasteiger partial charge in [-0.1, -0.05) is 48.0 Å². The van der Waals surface area contributed by atoms with Gasteiger partial charge >= 0.3 is 0 Å². The third-order valence-corrected chi connectivity index (χ3v) is 5.56. The summed E-state index contributed by atoms with van der Waals surface area (Å²) in [7, 11) is 1.59. The predicted molar refractivity (Wildman–Crippen MR) is 142 cm³/mol. The lowest BCUT2D eigenvalue weighted by Gasteiger charge is -2.10. The van der Waals surface area contributed by atoms with Gasteiger partial charge in [0, 0.05) is 24.1 Å². The number of H-pyrrole nitrogens is 1. The number of hydrogen-bond donors (Lipinski definition) is 3. The first-order chi connectivity index (χ1) is 17.5. The van der Waals surface area contributed by atoms with Crippen LogP contribution in [0.15, 0.2) is 84.6 Å². The highest BCUT2D eigenvalue weighted by Crippen LogP contribution is 2.14. The Hall–Kier alpha value is -4.36. The van der Waals surface area contributed by atoms with Crippen molar-refractivity contribution in [3.8, 4) is 5.75 Å². The summed E-state index contributed by atoms with van der Waals surface area (Å²) < 4.78 is 5.14. The summed E-state index contributed by atoms with van der Waals surface area (Å²) in [5.74, 6) is 0.654. The van der Waals surface area contributed by atoms with Gasteiger partial charge in [-0.3, -0.25) is 9.59 Å². The Kier molecular flexibility index (Phi) is 8.16. The van der Waals surface area contributed by atoms with Crippen LogP contribution >= 0.6 is 11.6 Å². The number of rotatable bonds is 9. The molecule has 3 aromatic carbocycles. The van der Waals surface area contributed by atoms with E-state index >= 15 is 0 Å². The smallest absolute Gasteiger partial charge is 0.267 e. The predicted octanol–water partition coefficient (Wildman–Crippen LogP) is 4.75.